The number of carboxylic acid groups (broad SMARTS) is 1. The van der Waals surface area contributed by atoms with Crippen molar-refractivity contribution in [2.75, 3.05) is 26.2 Å². The Morgan fingerprint density at radius 1 is 1.24 bits per heavy atom. The lowest BCUT2D eigenvalue weighted by atomic mass is 10.1. The van der Waals surface area contributed by atoms with Crippen molar-refractivity contribution in [2.45, 2.75) is 12.5 Å². The highest BCUT2D eigenvalue weighted by Gasteiger charge is 2.20. The maximum atomic E-state index is 12.2. The first kappa shape index (κ1) is 17.2. The van der Waals surface area contributed by atoms with E-state index >= 15 is 0 Å². The van der Waals surface area contributed by atoms with Gasteiger partial charge in [-0.15, -0.1) is 0 Å². The van der Waals surface area contributed by atoms with E-state index in [0.29, 0.717) is 29.2 Å². The lowest BCUT2D eigenvalue weighted by Crippen LogP contribution is -2.41. The predicted molar refractivity (Wildman–Crippen MR) is 81.4 cm³/mol. The van der Waals surface area contributed by atoms with Crippen molar-refractivity contribution < 1.29 is 24.2 Å². The first-order valence-corrected chi connectivity index (χ1v) is 7.67. The monoisotopic (exact) mass is 313 g/mol. The Balaban J connectivity index is 2.88. The Morgan fingerprint density at radius 2 is 1.81 bits per heavy atom. The molecule has 0 radical (unpaired) electrons. The van der Waals surface area contributed by atoms with E-state index in [9.17, 15) is 9.59 Å². The minimum Gasteiger partial charge on any atom is -0.497 e. The molecule has 0 aliphatic heterocycles. The van der Waals surface area contributed by atoms with Crippen LogP contribution in [0, 0.1) is 0 Å². The molecular formula is C14H19NO5S. The normalized spacial score (nSPS) is 11.6. The largest absolute Gasteiger partial charge is 0.497 e. The van der Waals surface area contributed by atoms with E-state index in [1.54, 1.807) is 6.07 Å². The van der Waals surface area contributed by atoms with Crippen LogP contribution in [-0.4, -0.2) is 49.3 Å². The van der Waals surface area contributed by atoms with Gasteiger partial charge in [-0.25, -0.2) is 4.79 Å². The van der Waals surface area contributed by atoms with E-state index in [0.717, 1.165) is 0 Å². The Morgan fingerprint density at radius 3 is 2.24 bits per heavy atom. The molecule has 0 fully saturated rings. The first-order valence-electron chi connectivity index (χ1n) is 6.27. The molecule has 116 valence electrons. The van der Waals surface area contributed by atoms with Gasteiger partial charge in [-0.2, -0.15) is 11.8 Å². The van der Waals surface area contributed by atoms with E-state index in [-0.39, 0.29) is 0 Å². The SMILES string of the molecule is COc1cc(OC)cc(C(=O)N[C@@H](CCSC)C(=O)O)c1. The summed E-state index contributed by atoms with van der Waals surface area (Å²) < 4.78 is 10.2. The van der Waals surface area contributed by atoms with E-state index in [1.807, 2.05) is 6.26 Å². The zero-order valence-corrected chi connectivity index (χ0v) is 13.0. The number of ether oxygens (including phenoxy) is 2. The fourth-order valence-electron chi connectivity index (χ4n) is 1.67. The quantitative estimate of drug-likeness (QED) is 0.759. The van der Waals surface area contributed by atoms with Gasteiger partial charge in [-0.1, -0.05) is 0 Å². The van der Waals surface area contributed by atoms with Crippen molar-refractivity contribution in [3.05, 3.63) is 23.8 Å². The van der Waals surface area contributed by atoms with Crippen LogP contribution in [-0.2, 0) is 4.79 Å². The van der Waals surface area contributed by atoms with Crippen molar-refractivity contribution in [3.8, 4) is 11.5 Å². The fourth-order valence-corrected chi connectivity index (χ4v) is 2.14. The number of rotatable bonds is 8. The van der Waals surface area contributed by atoms with Gasteiger partial charge in [-0.3, -0.25) is 4.79 Å². The molecule has 0 heterocycles. The van der Waals surface area contributed by atoms with Crippen LogP contribution in [0.25, 0.3) is 0 Å². The summed E-state index contributed by atoms with van der Waals surface area (Å²) in [5.41, 5.74) is 0.293. The van der Waals surface area contributed by atoms with Crippen molar-refractivity contribution in [3.63, 3.8) is 0 Å². The molecule has 7 heteroatoms. The fraction of sp³-hybridized carbons (Fsp3) is 0.429. The van der Waals surface area contributed by atoms with Crippen molar-refractivity contribution in [1.29, 1.82) is 0 Å². The highest BCUT2D eigenvalue weighted by atomic mass is 32.2. The Kier molecular flexibility index (Phi) is 6.87. The highest BCUT2D eigenvalue weighted by Crippen LogP contribution is 2.22. The van der Waals surface area contributed by atoms with Crippen molar-refractivity contribution in [1.82, 2.24) is 5.32 Å². The molecule has 0 saturated heterocycles. The predicted octanol–water partition coefficient (Wildman–Crippen LogP) is 1.64. The van der Waals surface area contributed by atoms with E-state index in [4.69, 9.17) is 14.6 Å². The number of amides is 1. The zero-order chi connectivity index (χ0) is 15.8. The molecule has 0 aliphatic rings. The number of aliphatic carboxylic acids is 1. The molecule has 0 unspecified atom stereocenters. The van der Waals surface area contributed by atoms with Gasteiger partial charge in [0.1, 0.15) is 17.5 Å². The molecule has 1 atom stereocenters. The number of nitrogens with one attached hydrogen (secondary N) is 1. The molecule has 0 saturated carbocycles. The third-order valence-electron chi connectivity index (χ3n) is 2.83. The molecular weight excluding hydrogens is 294 g/mol. The van der Waals surface area contributed by atoms with Gasteiger partial charge in [0.2, 0.25) is 0 Å². The van der Waals surface area contributed by atoms with Crippen LogP contribution in [0.5, 0.6) is 11.5 Å². The minimum atomic E-state index is -1.05. The van der Waals surface area contributed by atoms with Crippen LogP contribution >= 0.6 is 11.8 Å². The van der Waals surface area contributed by atoms with Gasteiger partial charge in [-0.05, 0) is 30.6 Å². The van der Waals surface area contributed by atoms with E-state index < -0.39 is 17.9 Å². The van der Waals surface area contributed by atoms with Crippen molar-refractivity contribution >= 4 is 23.6 Å². The summed E-state index contributed by atoms with van der Waals surface area (Å²) in [5, 5.41) is 11.6. The minimum absolute atomic E-state index is 0.293. The third-order valence-corrected chi connectivity index (χ3v) is 3.47. The highest BCUT2D eigenvalue weighted by molar-refractivity contribution is 7.98. The number of hydrogen-bond acceptors (Lipinski definition) is 5. The van der Waals surface area contributed by atoms with Crippen LogP contribution in [0.1, 0.15) is 16.8 Å². The molecule has 21 heavy (non-hydrogen) atoms. The van der Waals surface area contributed by atoms with Crippen LogP contribution in [0.3, 0.4) is 0 Å². The molecule has 2 N–H and O–H groups in total. The molecule has 1 aromatic rings. The average molecular weight is 313 g/mol. The summed E-state index contributed by atoms with van der Waals surface area (Å²) in [6.07, 6.45) is 2.25. The second-order valence-electron chi connectivity index (χ2n) is 4.25. The number of carbonyl (C=O) groups excluding carboxylic acids is 1. The van der Waals surface area contributed by atoms with Crippen LogP contribution in [0.15, 0.2) is 18.2 Å². The van der Waals surface area contributed by atoms with Crippen LogP contribution < -0.4 is 14.8 Å². The third kappa shape index (κ3) is 5.18. The summed E-state index contributed by atoms with van der Waals surface area (Å²) in [7, 11) is 2.96. The topological polar surface area (TPSA) is 84.9 Å². The first-order chi connectivity index (χ1) is 10.0. The lowest BCUT2D eigenvalue weighted by Gasteiger charge is -2.15. The van der Waals surface area contributed by atoms with Gasteiger partial charge in [0.25, 0.3) is 5.91 Å². The average Bonchev–Trinajstić information content (AvgIpc) is 2.50. The Labute approximate surface area is 127 Å². The number of thioether (sulfide) groups is 1. The number of hydrogen-bond donors (Lipinski definition) is 2. The maximum Gasteiger partial charge on any atom is 0.326 e. The standard InChI is InChI=1S/C14H19NO5S/c1-19-10-6-9(7-11(8-10)20-2)13(16)15-12(14(17)18)4-5-21-3/h6-8,12H,4-5H2,1-3H3,(H,15,16)(H,17,18)/t12-/m0/s1. The molecule has 0 aliphatic carbocycles. The Bertz CT molecular complexity index is 484. The smallest absolute Gasteiger partial charge is 0.326 e. The second kappa shape index (κ2) is 8.41. The summed E-state index contributed by atoms with van der Waals surface area (Å²) in [4.78, 5) is 23.3. The van der Waals surface area contributed by atoms with E-state index in [1.165, 1.54) is 38.1 Å². The molecule has 0 spiro atoms. The van der Waals surface area contributed by atoms with Crippen LogP contribution in [0.4, 0.5) is 0 Å². The molecule has 1 amide bonds. The molecule has 0 aromatic heterocycles. The summed E-state index contributed by atoms with van der Waals surface area (Å²) in [6.45, 7) is 0. The summed E-state index contributed by atoms with van der Waals surface area (Å²) >= 11 is 1.53. The number of methoxy groups -OCH3 is 2. The Hall–Kier alpha value is -1.89. The van der Waals surface area contributed by atoms with Gasteiger partial charge < -0.3 is 19.9 Å². The van der Waals surface area contributed by atoms with Gasteiger partial charge in [0.15, 0.2) is 0 Å². The van der Waals surface area contributed by atoms with Gasteiger partial charge in [0, 0.05) is 11.6 Å². The van der Waals surface area contributed by atoms with Crippen LogP contribution in [0.2, 0.25) is 0 Å². The van der Waals surface area contributed by atoms with Gasteiger partial charge >= 0.3 is 5.97 Å². The molecule has 1 rings (SSSR count). The lowest BCUT2D eigenvalue weighted by molar-refractivity contribution is -0.139. The van der Waals surface area contributed by atoms with E-state index in [2.05, 4.69) is 5.32 Å². The number of carbonyl (C=O) groups is 2. The molecule has 6 nitrogen and oxygen atoms in total. The second-order valence-corrected chi connectivity index (χ2v) is 5.23. The summed E-state index contributed by atoms with van der Waals surface area (Å²) in [6, 6.07) is 3.79. The van der Waals surface area contributed by atoms with Crippen molar-refractivity contribution in [2.24, 2.45) is 0 Å². The molecule has 0 bridgehead atoms. The molecule has 1 aromatic carbocycles. The number of carboxylic acids is 1. The number of benzene rings is 1. The summed E-state index contributed by atoms with van der Waals surface area (Å²) in [5.74, 6) is 0.0672. The van der Waals surface area contributed by atoms with Gasteiger partial charge in [0.05, 0.1) is 14.2 Å². The zero-order valence-electron chi connectivity index (χ0n) is 12.2. The maximum absolute atomic E-state index is 12.2.